The summed E-state index contributed by atoms with van der Waals surface area (Å²) >= 11 is 0. The fourth-order valence-corrected chi connectivity index (χ4v) is 1.67. The van der Waals surface area contributed by atoms with Crippen LogP contribution in [0.15, 0.2) is 54.6 Å². The van der Waals surface area contributed by atoms with E-state index in [1.165, 1.54) is 18.2 Å². The molecule has 0 bridgehead atoms. The molecule has 21 heavy (non-hydrogen) atoms. The van der Waals surface area contributed by atoms with Crippen molar-refractivity contribution in [2.45, 2.75) is 6.42 Å². The lowest BCUT2D eigenvalue weighted by molar-refractivity contribution is -0.127. The highest BCUT2D eigenvalue weighted by Crippen LogP contribution is 2.06. The third-order valence-electron chi connectivity index (χ3n) is 2.66. The van der Waals surface area contributed by atoms with E-state index in [9.17, 15) is 14.0 Å². The third kappa shape index (κ3) is 4.59. The van der Waals surface area contributed by atoms with Gasteiger partial charge in [0.05, 0.1) is 6.42 Å². The van der Waals surface area contributed by atoms with Crippen molar-refractivity contribution >= 4 is 11.8 Å². The lowest BCUT2D eigenvalue weighted by Crippen LogP contribution is -2.30. The Morgan fingerprint density at radius 3 is 2.38 bits per heavy atom. The molecule has 3 nitrogen and oxygen atoms in total. The Morgan fingerprint density at radius 2 is 1.67 bits per heavy atom. The summed E-state index contributed by atoms with van der Waals surface area (Å²) in [5.74, 6) is 3.18. The van der Waals surface area contributed by atoms with E-state index in [1.807, 2.05) is 6.07 Å². The molecule has 4 heteroatoms. The second-order valence-corrected chi connectivity index (χ2v) is 4.26. The van der Waals surface area contributed by atoms with E-state index < -0.39 is 17.6 Å². The highest BCUT2D eigenvalue weighted by Gasteiger charge is 2.09. The van der Waals surface area contributed by atoms with Crippen molar-refractivity contribution in [3.8, 4) is 11.8 Å². The van der Waals surface area contributed by atoms with Gasteiger partial charge in [-0.15, -0.1) is 0 Å². The Labute approximate surface area is 121 Å². The highest BCUT2D eigenvalue weighted by atomic mass is 19.1. The molecule has 0 unspecified atom stereocenters. The summed E-state index contributed by atoms with van der Waals surface area (Å²) in [6.07, 6.45) is -0.203. The smallest absolute Gasteiger partial charge is 0.285 e. The van der Waals surface area contributed by atoms with Crippen LogP contribution >= 0.6 is 0 Å². The summed E-state index contributed by atoms with van der Waals surface area (Å²) in [6, 6.07) is 14.9. The zero-order valence-corrected chi connectivity index (χ0v) is 11.1. The molecule has 2 amide bonds. The van der Waals surface area contributed by atoms with Gasteiger partial charge in [-0.1, -0.05) is 42.3 Å². The number of hydrogen-bond donors (Lipinski definition) is 1. The van der Waals surface area contributed by atoms with Crippen LogP contribution in [0.5, 0.6) is 0 Å². The van der Waals surface area contributed by atoms with E-state index in [2.05, 4.69) is 17.2 Å². The van der Waals surface area contributed by atoms with Gasteiger partial charge >= 0.3 is 5.91 Å². The predicted octanol–water partition coefficient (Wildman–Crippen LogP) is 2.06. The standard InChI is InChI=1S/C17H12FNO2/c18-15-9-5-4-8-14(15)12-17(21)19-16(20)11-10-13-6-2-1-3-7-13/h1-9H,12H2,(H,19,20,21). The summed E-state index contributed by atoms with van der Waals surface area (Å²) in [5.41, 5.74) is 0.910. The van der Waals surface area contributed by atoms with E-state index in [1.54, 1.807) is 30.3 Å². The third-order valence-corrected chi connectivity index (χ3v) is 2.66. The monoisotopic (exact) mass is 281 g/mol. The van der Waals surface area contributed by atoms with E-state index in [4.69, 9.17) is 0 Å². The van der Waals surface area contributed by atoms with Gasteiger partial charge in [-0.05, 0) is 23.8 Å². The maximum atomic E-state index is 13.4. The first-order valence-corrected chi connectivity index (χ1v) is 6.29. The number of carbonyl (C=O) groups is 2. The summed E-state index contributed by atoms with van der Waals surface area (Å²) in [6.45, 7) is 0. The highest BCUT2D eigenvalue weighted by molar-refractivity contribution is 6.05. The first-order valence-electron chi connectivity index (χ1n) is 6.29. The second-order valence-electron chi connectivity index (χ2n) is 4.26. The molecule has 1 N–H and O–H groups in total. The summed E-state index contributed by atoms with van der Waals surface area (Å²) in [5, 5.41) is 2.11. The van der Waals surface area contributed by atoms with E-state index >= 15 is 0 Å². The van der Waals surface area contributed by atoms with E-state index in [-0.39, 0.29) is 12.0 Å². The molecule has 0 spiro atoms. The van der Waals surface area contributed by atoms with Crippen LogP contribution < -0.4 is 5.32 Å². The first-order chi connectivity index (χ1) is 10.1. The van der Waals surface area contributed by atoms with Gasteiger partial charge in [0.15, 0.2) is 0 Å². The molecule has 0 saturated carbocycles. The predicted molar refractivity (Wildman–Crippen MR) is 76.6 cm³/mol. The van der Waals surface area contributed by atoms with Crippen LogP contribution in [0.25, 0.3) is 0 Å². The minimum atomic E-state index is -0.708. The molecule has 0 aliphatic carbocycles. The van der Waals surface area contributed by atoms with Crippen molar-refractivity contribution in [1.29, 1.82) is 0 Å². The normalized spacial score (nSPS) is 9.38. The Balaban J connectivity index is 1.93. The van der Waals surface area contributed by atoms with Crippen molar-refractivity contribution in [3.63, 3.8) is 0 Å². The minimum Gasteiger partial charge on any atom is -0.285 e. The zero-order chi connectivity index (χ0) is 15.1. The van der Waals surface area contributed by atoms with Crippen LogP contribution in [-0.4, -0.2) is 11.8 Å². The van der Waals surface area contributed by atoms with Crippen molar-refractivity contribution < 1.29 is 14.0 Å². The summed E-state index contributed by atoms with van der Waals surface area (Å²) < 4.78 is 13.4. The van der Waals surface area contributed by atoms with Gasteiger partial charge in [-0.25, -0.2) is 4.39 Å². The van der Waals surface area contributed by atoms with Crippen LogP contribution in [0.1, 0.15) is 11.1 Å². The van der Waals surface area contributed by atoms with Gasteiger partial charge in [0.1, 0.15) is 5.82 Å². The maximum absolute atomic E-state index is 13.4. The van der Waals surface area contributed by atoms with Crippen LogP contribution in [0.3, 0.4) is 0 Å². The number of imide groups is 1. The number of nitrogens with one attached hydrogen (secondary N) is 1. The SMILES string of the molecule is O=C(C#Cc1ccccc1)NC(=O)Cc1ccccc1F. The van der Waals surface area contributed by atoms with Gasteiger partial charge in [0.25, 0.3) is 0 Å². The van der Waals surface area contributed by atoms with Crippen molar-refractivity contribution in [2.24, 2.45) is 0 Å². The van der Waals surface area contributed by atoms with Crippen molar-refractivity contribution in [3.05, 3.63) is 71.5 Å². The molecule has 0 atom stereocenters. The topological polar surface area (TPSA) is 46.2 Å². The van der Waals surface area contributed by atoms with E-state index in [0.717, 1.165) is 0 Å². The molecule has 0 saturated heterocycles. The summed E-state index contributed by atoms with van der Waals surface area (Å²) in [4.78, 5) is 23.1. The lowest BCUT2D eigenvalue weighted by Gasteiger charge is -2.01. The molecule has 0 aromatic heterocycles. The van der Waals surface area contributed by atoms with Crippen LogP contribution in [0, 0.1) is 17.7 Å². The minimum absolute atomic E-state index is 0.203. The van der Waals surface area contributed by atoms with Gasteiger partial charge < -0.3 is 0 Å². The number of hydrogen-bond acceptors (Lipinski definition) is 2. The molecule has 0 aliphatic rings. The van der Waals surface area contributed by atoms with Gasteiger partial charge in [-0.3, -0.25) is 14.9 Å². The number of halogens is 1. The molecule has 2 rings (SSSR count). The average Bonchev–Trinajstić information content (AvgIpc) is 2.48. The second kappa shape index (κ2) is 7.01. The largest absolute Gasteiger partial charge is 0.302 e. The molecule has 2 aromatic carbocycles. The fraction of sp³-hybridized carbons (Fsp3) is 0.0588. The maximum Gasteiger partial charge on any atom is 0.302 e. The first kappa shape index (κ1) is 14.5. The average molecular weight is 281 g/mol. The molecule has 0 fully saturated rings. The Bertz CT molecular complexity index is 714. The molecule has 2 aromatic rings. The van der Waals surface area contributed by atoms with Gasteiger partial charge in [0, 0.05) is 11.5 Å². The molecular formula is C17H12FNO2. The number of rotatable bonds is 2. The van der Waals surface area contributed by atoms with Crippen LogP contribution in [0.2, 0.25) is 0 Å². The molecule has 0 aliphatic heterocycles. The Morgan fingerprint density at radius 1 is 1.00 bits per heavy atom. The van der Waals surface area contributed by atoms with E-state index in [0.29, 0.717) is 5.56 Å². The molecule has 104 valence electrons. The number of amides is 2. The summed E-state index contributed by atoms with van der Waals surface area (Å²) in [7, 11) is 0. The molecule has 0 radical (unpaired) electrons. The molecule has 0 heterocycles. The number of benzene rings is 2. The van der Waals surface area contributed by atoms with Gasteiger partial charge in [-0.2, -0.15) is 0 Å². The Hall–Kier alpha value is -2.93. The lowest BCUT2D eigenvalue weighted by atomic mass is 10.1. The fourth-order valence-electron chi connectivity index (χ4n) is 1.67. The van der Waals surface area contributed by atoms with Crippen LogP contribution in [-0.2, 0) is 16.0 Å². The van der Waals surface area contributed by atoms with Crippen LogP contribution in [0.4, 0.5) is 4.39 Å². The quantitative estimate of drug-likeness (QED) is 0.856. The van der Waals surface area contributed by atoms with Crippen molar-refractivity contribution in [1.82, 2.24) is 5.32 Å². The zero-order valence-electron chi connectivity index (χ0n) is 11.1. The molecular weight excluding hydrogens is 269 g/mol. The van der Waals surface area contributed by atoms with Crippen molar-refractivity contribution in [2.75, 3.05) is 0 Å². The number of carbonyl (C=O) groups excluding carboxylic acids is 2. The van der Waals surface area contributed by atoms with Gasteiger partial charge in [0.2, 0.25) is 5.91 Å². The Kier molecular flexibility index (Phi) is 4.84.